The molecule has 0 spiro atoms. The van der Waals surface area contributed by atoms with E-state index in [0.29, 0.717) is 6.61 Å². The predicted molar refractivity (Wildman–Crippen MR) is 133 cm³/mol. The van der Waals surface area contributed by atoms with Gasteiger partial charge in [-0.25, -0.2) is 4.98 Å². The number of hydrogen-bond donors (Lipinski definition) is 2. The minimum Gasteiger partial charge on any atom is -0.492 e. The van der Waals surface area contributed by atoms with Gasteiger partial charge in [0.15, 0.2) is 0 Å². The van der Waals surface area contributed by atoms with E-state index in [0.717, 1.165) is 70.3 Å². The van der Waals surface area contributed by atoms with Crippen LogP contribution in [0.4, 0.5) is 0 Å². The fourth-order valence-electron chi connectivity index (χ4n) is 4.22. The third kappa shape index (κ3) is 4.43. The number of nitrogens with zero attached hydrogens (tertiary/aromatic N) is 4. The molecular weight excluding hydrogens is 426 g/mol. The zero-order valence-electron chi connectivity index (χ0n) is 19.3. The van der Waals surface area contributed by atoms with Gasteiger partial charge in [0.25, 0.3) is 0 Å². The number of nitrogens with one attached hydrogen (secondary N) is 1. The average Bonchev–Trinajstić information content (AvgIpc) is 3.49. The number of benzene rings is 2. The van der Waals surface area contributed by atoms with Crippen LogP contribution < -0.4 is 4.74 Å². The highest BCUT2D eigenvalue weighted by atomic mass is 16.5. The monoisotopic (exact) mass is 453 g/mol. The molecule has 0 fully saturated rings. The smallest absolute Gasteiger partial charge is 0.138 e. The maximum Gasteiger partial charge on any atom is 0.138 e. The second-order valence-corrected chi connectivity index (χ2v) is 8.64. The molecule has 1 aliphatic rings. The Morgan fingerprint density at radius 2 is 1.74 bits per heavy atom. The van der Waals surface area contributed by atoms with Gasteiger partial charge in [-0.15, -0.1) is 0 Å². The normalized spacial score (nSPS) is 14.0. The van der Waals surface area contributed by atoms with E-state index in [9.17, 15) is 5.21 Å². The Balaban J connectivity index is 1.50. The van der Waals surface area contributed by atoms with Crippen LogP contribution in [0.25, 0.3) is 33.9 Å². The topological polar surface area (TPSA) is 86.6 Å². The molecule has 0 bridgehead atoms. The van der Waals surface area contributed by atoms with Crippen LogP contribution in [0.1, 0.15) is 17.5 Å². The van der Waals surface area contributed by atoms with E-state index in [-0.39, 0.29) is 0 Å². The second-order valence-electron chi connectivity index (χ2n) is 8.64. The largest absolute Gasteiger partial charge is 0.492 e. The lowest BCUT2D eigenvalue weighted by molar-refractivity contribution is 0.261. The summed E-state index contributed by atoms with van der Waals surface area (Å²) in [5.41, 5.74) is 7.79. The molecule has 0 amide bonds. The Hall–Kier alpha value is -3.97. The molecule has 0 unspecified atom stereocenters. The molecule has 7 heteroatoms. The summed E-state index contributed by atoms with van der Waals surface area (Å²) in [6.45, 7) is 1.51. The molecule has 2 aromatic carbocycles. The summed E-state index contributed by atoms with van der Waals surface area (Å²) in [4.78, 5) is 14.8. The lowest BCUT2D eigenvalue weighted by atomic mass is 10.0. The zero-order chi connectivity index (χ0) is 23.5. The summed E-state index contributed by atoms with van der Waals surface area (Å²) in [7, 11) is 4.06. The van der Waals surface area contributed by atoms with Gasteiger partial charge in [-0.2, -0.15) is 0 Å². The van der Waals surface area contributed by atoms with Crippen LogP contribution in [-0.2, 0) is 6.42 Å². The van der Waals surface area contributed by atoms with Gasteiger partial charge in [0.2, 0.25) is 0 Å². The van der Waals surface area contributed by atoms with Crippen molar-refractivity contribution in [3.8, 4) is 39.7 Å². The molecule has 2 aromatic heterocycles. The van der Waals surface area contributed by atoms with Gasteiger partial charge in [0, 0.05) is 41.2 Å². The van der Waals surface area contributed by atoms with Crippen LogP contribution in [0.3, 0.4) is 0 Å². The van der Waals surface area contributed by atoms with Gasteiger partial charge in [-0.1, -0.05) is 17.3 Å². The highest BCUT2D eigenvalue weighted by Gasteiger charge is 2.21. The number of ether oxygens (including phenoxy) is 1. The first-order valence-electron chi connectivity index (χ1n) is 11.4. The maximum atomic E-state index is 9.27. The summed E-state index contributed by atoms with van der Waals surface area (Å²) < 4.78 is 5.83. The minimum absolute atomic E-state index is 0.643. The van der Waals surface area contributed by atoms with E-state index < -0.39 is 0 Å². The highest BCUT2D eigenvalue weighted by molar-refractivity contribution is 6.04. The maximum absolute atomic E-state index is 9.27. The third-order valence-corrected chi connectivity index (χ3v) is 6.05. The van der Waals surface area contributed by atoms with Crippen LogP contribution in [0.5, 0.6) is 5.75 Å². The van der Waals surface area contributed by atoms with Crippen molar-refractivity contribution in [3.63, 3.8) is 0 Å². The van der Waals surface area contributed by atoms with E-state index in [1.165, 1.54) is 5.56 Å². The first-order chi connectivity index (χ1) is 16.6. The second kappa shape index (κ2) is 9.49. The lowest BCUT2D eigenvalue weighted by Gasteiger charge is -2.11. The molecule has 4 aromatic rings. The number of hydrogen-bond acceptors (Lipinski definition) is 6. The number of pyridine rings is 1. The standard InChI is InChI=1S/C27H27N5O2/c1-32(2)15-16-34-22-7-3-19(4-8-22)27-29-25(18-11-13-28-14-12-18)26(30-27)21-5-9-23-20(17-21)6-10-24(23)31-33/h3-5,7-9,11-14,17,33H,6,10,15-16H2,1-2H3,(H,29,30)/b31-24+. The number of likely N-dealkylation sites (N-methyl/N-ethyl adjacent to an activating group) is 1. The number of H-pyrrole nitrogens is 1. The molecule has 172 valence electrons. The van der Waals surface area contributed by atoms with E-state index in [2.05, 4.69) is 32.2 Å². The van der Waals surface area contributed by atoms with E-state index >= 15 is 0 Å². The molecule has 0 saturated carbocycles. The number of fused-ring (bicyclic) bond motifs is 1. The van der Waals surface area contributed by atoms with Crippen LogP contribution in [0.2, 0.25) is 0 Å². The van der Waals surface area contributed by atoms with Crippen molar-refractivity contribution >= 4 is 5.71 Å². The van der Waals surface area contributed by atoms with Gasteiger partial charge in [0.1, 0.15) is 18.2 Å². The number of aromatic nitrogens is 3. The summed E-state index contributed by atoms with van der Waals surface area (Å²) in [6.07, 6.45) is 5.17. The average molecular weight is 454 g/mol. The molecule has 0 saturated heterocycles. The van der Waals surface area contributed by atoms with Gasteiger partial charge in [-0.3, -0.25) is 4.98 Å². The number of aryl methyl sites for hydroxylation is 1. The molecule has 0 radical (unpaired) electrons. The van der Waals surface area contributed by atoms with Crippen molar-refractivity contribution < 1.29 is 9.94 Å². The molecule has 1 aliphatic carbocycles. The number of imidazole rings is 1. The fraction of sp³-hybridized carbons (Fsp3) is 0.222. The molecule has 0 aliphatic heterocycles. The van der Waals surface area contributed by atoms with Crippen LogP contribution in [-0.4, -0.2) is 58.0 Å². The molecule has 2 N–H and O–H groups in total. The van der Waals surface area contributed by atoms with Crippen LogP contribution in [0, 0.1) is 0 Å². The summed E-state index contributed by atoms with van der Waals surface area (Å²) in [5, 5.41) is 12.7. The Bertz CT molecular complexity index is 1310. The Kier molecular flexibility index (Phi) is 6.10. The van der Waals surface area contributed by atoms with Gasteiger partial charge in [0.05, 0.1) is 17.1 Å². The minimum atomic E-state index is 0.643. The highest BCUT2D eigenvalue weighted by Crippen LogP contribution is 2.35. The van der Waals surface area contributed by atoms with Crippen LogP contribution in [0.15, 0.2) is 72.1 Å². The SMILES string of the molecule is CN(C)CCOc1ccc(-c2nc(-c3ccncc3)c(-c3ccc4c(c3)CC/C4=N\O)[nH]2)cc1. The van der Waals surface area contributed by atoms with Crippen molar-refractivity contribution in [1.82, 2.24) is 19.9 Å². The van der Waals surface area contributed by atoms with E-state index in [4.69, 9.17) is 9.72 Å². The molecular formula is C27H27N5O2. The fourth-order valence-corrected chi connectivity index (χ4v) is 4.22. The lowest BCUT2D eigenvalue weighted by Crippen LogP contribution is -2.19. The number of oxime groups is 1. The zero-order valence-corrected chi connectivity index (χ0v) is 19.3. The van der Waals surface area contributed by atoms with Crippen LogP contribution >= 0.6 is 0 Å². The summed E-state index contributed by atoms with van der Waals surface area (Å²) in [5.74, 6) is 1.63. The Morgan fingerprint density at radius 1 is 0.971 bits per heavy atom. The third-order valence-electron chi connectivity index (χ3n) is 6.05. The molecule has 0 atom stereocenters. The van der Waals surface area contributed by atoms with E-state index in [1.807, 2.05) is 56.6 Å². The number of aromatic amines is 1. The van der Waals surface area contributed by atoms with Crippen molar-refractivity contribution in [1.29, 1.82) is 0 Å². The van der Waals surface area contributed by atoms with Gasteiger partial charge >= 0.3 is 0 Å². The quantitative estimate of drug-likeness (QED) is 0.308. The number of rotatable bonds is 7. The molecule has 2 heterocycles. The summed E-state index contributed by atoms with van der Waals surface area (Å²) in [6, 6.07) is 18.2. The first-order valence-corrected chi connectivity index (χ1v) is 11.4. The Morgan fingerprint density at radius 3 is 2.47 bits per heavy atom. The van der Waals surface area contributed by atoms with Crippen molar-refractivity contribution in [2.24, 2.45) is 5.16 Å². The van der Waals surface area contributed by atoms with Crippen molar-refractivity contribution in [2.45, 2.75) is 12.8 Å². The van der Waals surface area contributed by atoms with Gasteiger partial charge < -0.3 is 19.8 Å². The van der Waals surface area contributed by atoms with E-state index in [1.54, 1.807) is 12.4 Å². The molecule has 7 nitrogen and oxygen atoms in total. The van der Waals surface area contributed by atoms with Gasteiger partial charge in [-0.05, 0) is 75.0 Å². The Labute approximate surface area is 198 Å². The molecule has 5 rings (SSSR count). The first kappa shape index (κ1) is 21.9. The van der Waals surface area contributed by atoms with Crippen molar-refractivity contribution in [3.05, 3.63) is 78.1 Å². The molecule has 34 heavy (non-hydrogen) atoms. The predicted octanol–water partition coefficient (Wildman–Crippen LogP) is 4.87. The summed E-state index contributed by atoms with van der Waals surface area (Å²) >= 11 is 0. The van der Waals surface area contributed by atoms with Crippen molar-refractivity contribution in [2.75, 3.05) is 27.2 Å².